The van der Waals surface area contributed by atoms with Gasteiger partial charge in [0.1, 0.15) is 9.84 Å². The molecule has 0 saturated carbocycles. The summed E-state index contributed by atoms with van der Waals surface area (Å²) in [6, 6.07) is 9.85. The summed E-state index contributed by atoms with van der Waals surface area (Å²) in [7, 11) is -1.86. The quantitative estimate of drug-likeness (QED) is 0.574. The summed E-state index contributed by atoms with van der Waals surface area (Å²) in [4.78, 5) is 15.6. The molecule has 28 heavy (non-hydrogen) atoms. The molecule has 1 N–H and O–H groups in total. The fourth-order valence-corrected chi connectivity index (χ4v) is 4.57. The van der Waals surface area contributed by atoms with Crippen molar-refractivity contribution in [2.45, 2.75) is 13.0 Å². The molecule has 0 spiro atoms. The van der Waals surface area contributed by atoms with Crippen molar-refractivity contribution < 1.29 is 17.9 Å². The van der Waals surface area contributed by atoms with E-state index in [1.807, 2.05) is 13.0 Å². The van der Waals surface area contributed by atoms with Crippen LogP contribution in [0.25, 0.3) is 11.0 Å². The molecule has 0 saturated heterocycles. The Bertz CT molecular complexity index is 1170. The third kappa shape index (κ3) is 4.10. The standard InChI is InChI=1S/C19H21BrN2O5S/c1-4-27-17-10-12(8-9-16(17)26-2)15(11-28(3,24)25)22-14-7-5-6-13(20)18(14)21-19(22)23/h5-10,15H,4,11H2,1-3H3,(H,21,23). The Morgan fingerprint density at radius 1 is 1.21 bits per heavy atom. The number of aromatic nitrogens is 2. The van der Waals surface area contributed by atoms with E-state index in [-0.39, 0.29) is 11.4 Å². The number of para-hydroxylation sites is 1. The largest absolute Gasteiger partial charge is 0.493 e. The summed E-state index contributed by atoms with van der Waals surface area (Å²) < 4.78 is 37.5. The number of nitrogens with one attached hydrogen (secondary N) is 1. The molecular formula is C19H21BrN2O5S. The summed E-state index contributed by atoms with van der Waals surface area (Å²) in [6.07, 6.45) is 1.16. The Kier molecular flexibility index (Phi) is 5.85. The van der Waals surface area contributed by atoms with Crippen LogP contribution in [-0.4, -0.2) is 43.7 Å². The van der Waals surface area contributed by atoms with Crippen LogP contribution in [-0.2, 0) is 9.84 Å². The molecule has 7 nitrogen and oxygen atoms in total. The fourth-order valence-electron chi connectivity index (χ4n) is 3.20. The number of imidazole rings is 1. The normalized spacial score (nSPS) is 12.9. The Balaban J connectivity index is 2.25. The molecular weight excluding hydrogens is 448 g/mol. The first kappa shape index (κ1) is 20.5. The molecule has 1 atom stereocenters. The van der Waals surface area contributed by atoms with Gasteiger partial charge >= 0.3 is 5.69 Å². The van der Waals surface area contributed by atoms with Crippen LogP contribution in [0.15, 0.2) is 45.7 Å². The Labute approximate surface area is 171 Å². The number of rotatable bonds is 7. The molecule has 1 unspecified atom stereocenters. The fraction of sp³-hybridized carbons (Fsp3) is 0.316. The second-order valence-electron chi connectivity index (χ2n) is 6.39. The maximum absolute atomic E-state index is 12.8. The van der Waals surface area contributed by atoms with E-state index in [1.165, 1.54) is 11.7 Å². The van der Waals surface area contributed by atoms with Crippen molar-refractivity contribution in [3.63, 3.8) is 0 Å². The van der Waals surface area contributed by atoms with Gasteiger partial charge in [-0.1, -0.05) is 12.1 Å². The number of benzene rings is 2. The van der Waals surface area contributed by atoms with E-state index in [1.54, 1.807) is 30.3 Å². The van der Waals surface area contributed by atoms with E-state index < -0.39 is 15.9 Å². The molecule has 0 fully saturated rings. The van der Waals surface area contributed by atoms with Crippen molar-refractivity contribution >= 4 is 36.8 Å². The lowest BCUT2D eigenvalue weighted by Crippen LogP contribution is -2.28. The first-order valence-electron chi connectivity index (χ1n) is 8.62. The lowest BCUT2D eigenvalue weighted by molar-refractivity contribution is 0.310. The Morgan fingerprint density at radius 2 is 1.96 bits per heavy atom. The average molecular weight is 469 g/mol. The van der Waals surface area contributed by atoms with Crippen LogP contribution in [0.1, 0.15) is 18.5 Å². The van der Waals surface area contributed by atoms with Gasteiger partial charge in [0.15, 0.2) is 11.5 Å². The van der Waals surface area contributed by atoms with E-state index in [4.69, 9.17) is 9.47 Å². The first-order chi connectivity index (χ1) is 13.2. The lowest BCUT2D eigenvalue weighted by Gasteiger charge is -2.20. The van der Waals surface area contributed by atoms with Gasteiger partial charge in [-0.2, -0.15) is 0 Å². The van der Waals surface area contributed by atoms with Crippen molar-refractivity contribution in [1.29, 1.82) is 0 Å². The highest BCUT2D eigenvalue weighted by molar-refractivity contribution is 9.10. The second-order valence-corrected chi connectivity index (χ2v) is 9.42. The Hall–Kier alpha value is -2.26. The lowest BCUT2D eigenvalue weighted by atomic mass is 10.1. The molecule has 0 aliphatic rings. The van der Waals surface area contributed by atoms with E-state index in [2.05, 4.69) is 20.9 Å². The van der Waals surface area contributed by atoms with Crippen LogP contribution in [0.3, 0.4) is 0 Å². The minimum atomic E-state index is -3.39. The average Bonchev–Trinajstić information content (AvgIpc) is 2.96. The summed E-state index contributed by atoms with van der Waals surface area (Å²) in [5.41, 5.74) is 1.48. The van der Waals surface area contributed by atoms with Crippen LogP contribution in [0.2, 0.25) is 0 Å². The number of halogens is 1. The number of aromatic amines is 1. The van der Waals surface area contributed by atoms with Crippen LogP contribution in [0, 0.1) is 0 Å². The third-order valence-corrected chi connectivity index (χ3v) is 5.93. The third-order valence-electron chi connectivity index (χ3n) is 4.35. The van der Waals surface area contributed by atoms with Gasteiger partial charge in [0.2, 0.25) is 0 Å². The highest BCUT2D eigenvalue weighted by Gasteiger charge is 2.25. The molecule has 9 heteroatoms. The van der Waals surface area contributed by atoms with Crippen LogP contribution < -0.4 is 15.2 Å². The Morgan fingerprint density at radius 3 is 2.61 bits per heavy atom. The summed E-state index contributed by atoms with van der Waals surface area (Å²) >= 11 is 3.42. The van der Waals surface area contributed by atoms with Crippen LogP contribution in [0.5, 0.6) is 11.5 Å². The van der Waals surface area contributed by atoms with Gasteiger partial charge in [0.05, 0.1) is 36.5 Å². The molecule has 150 valence electrons. The van der Waals surface area contributed by atoms with Gasteiger partial charge in [-0.15, -0.1) is 0 Å². The smallest absolute Gasteiger partial charge is 0.327 e. The van der Waals surface area contributed by atoms with E-state index in [0.717, 1.165) is 10.7 Å². The van der Waals surface area contributed by atoms with Crippen molar-refractivity contribution in [2.24, 2.45) is 0 Å². The van der Waals surface area contributed by atoms with Gasteiger partial charge in [-0.05, 0) is 52.7 Å². The van der Waals surface area contributed by atoms with Gasteiger partial charge in [-0.25, -0.2) is 13.2 Å². The zero-order chi connectivity index (χ0) is 20.5. The van der Waals surface area contributed by atoms with Crippen molar-refractivity contribution in [3.8, 4) is 11.5 Å². The zero-order valence-corrected chi connectivity index (χ0v) is 18.1. The highest BCUT2D eigenvalue weighted by Crippen LogP contribution is 2.33. The maximum atomic E-state index is 12.8. The zero-order valence-electron chi connectivity index (χ0n) is 15.7. The van der Waals surface area contributed by atoms with Crippen molar-refractivity contribution in [1.82, 2.24) is 9.55 Å². The molecule has 0 aliphatic carbocycles. The van der Waals surface area contributed by atoms with Gasteiger partial charge in [-0.3, -0.25) is 4.57 Å². The van der Waals surface area contributed by atoms with Gasteiger partial charge in [0, 0.05) is 10.7 Å². The van der Waals surface area contributed by atoms with Gasteiger partial charge < -0.3 is 14.5 Å². The number of nitrogens with zero attached hydrogens (tertiary/aromatic N) is 1. The first-order valence-corrected chi connectivity index (χ1v) is 11.5. The number of H-pyrrole nitrogens is 1. The monoisotopic (exact) mass is 468 g/mol. The molecule has 2 aromatic carbocycles. The number of sulfone groups is 1. The van der Waals surface area contributed by atoms with Crippen LogP contribution >= 0.6 is 15.9 Å². The number of ether oxygens (including phenoxy) is 2. The van der Waals surface area contributed by atoms with E-state index >= 15 is 0 Å². The predicted molar refractivity (Wildman–Crippen MR) is 112 cm³/mol. The minimum Gasteiger partial charge on any atom is -0.493 e. The van der Waals surface area contributed by atoms with Gasteiger partial charge in [0.25, 0.3) is 0 Å². The maximum Gasteiger partial charge on any atom is 0.327 e. The number of hydrogen-bond acceptors (Lipinski definition) is 5. The highest BCUT2D eigenvalue weighted by atomic mass is 79.9. The molecule has 0 aliphatic heterocycles. The minimum absolute atomic E-state index is 0.232. The predicted octanol–water partition coefficient (Wildman–Crippen LogP) is 3.13. The van der Waals surface area contributed by atoms with E-state index in [0.29, 0.717) is 34.7 Å². The molecule has 3 rings (SSSR count). The summed E-state index contributed by atoms with van der Waals surface area (Å²) in [5.74, 6) is 0.803. The van der Waals surface area contributed by atoms with E-state index in [9.17, 15) is 13.2 Å². The molecule has 0 radical (unpaired) electrons. The molecule has 0 bridgehead atoms. The SMILES string of the molecule is CCOc1cc(C(CS(C)(=O)=O)n2c(=O)[nH]c3c(Br)cccc32)ccc1OC. The second kappa shape index (κ2) is 8.00. The van der Waals surface area contributed by atoms with Crippen molar-refractivity contribution in [2.75, 3.05) is 25.7 Å². The van der Waals surface area contributed by atoms with Crippen LogP contribution in [0.4, 0.5) is 0 Å². The molecule has 3 aromatic rings. The topological polar surface area (TPSA) is 90.4 Å². The summed E-state index contributed by atoms with van der Waals surface area (Å²) in [6.45, 7) is 2.28. The van der Waals surface area contributed by atoms with Crippen molar-refractivity contribution in [3.05, 3.63) is 56.9 Å². The number of methoxy groups -OCH3 is 1. The molecule has 1 heterocycles. The number of fused-ring (bicyclic) bond motifs is 1. The molecule has 0 amide bonds. The molecule has 1 aromatic heterocycles. The summed E-state index contributed by atoms with van der Waals surface area (Å²) in [5, 5.41) is 0. The number of hydrogen-bond donors (Lipinski definition) is 1.